The largest absolute Gasteiger partial charge is 0.476 e. The number of carboxylic acids is 1. The Morgan fingerprint density at radius 1 is 1.48 bits per heavy atom. The number of carboxylic acid groups (broad SMARTS) is 1. The van der Waals surface area contributed by atoms with Crippen LogP contribution in [-0.4, -0.2) is 35.8 Å². The molecule has 1 aromatic heterocycles. The summed E-state index contributed by atoms with van der Waals surface area (Å²) in [6.07, 6.45) is 0. The van der Waals surface area contributed by atoms with Crippen LogP contribution >= 0.6 is 27.3 Å². The molecule has 0 bridgehead atoms. The van der Waals surface area contributed by atoms with Gasteiger partial charge in [-0.3, -0.25) is 0 Å². The lowest BCUT2D eigenvalue weighted by Crippen LogP contribution is -2.27. The van der Waals surface area contributed by atoms with E-state index in [-0.39, 0.29) is 10.8 Å². The van der Waals surface area contributed by atoms with E-state index in [2.05, 4.69) is 20.9 Å². The summed E-state index contributed by atoms with van der Waals surface area (Å²) in [5, 5.41) is 8.98. The summed E-state index contributed by atoms with van der Waals surface area (Å²) in [4.78, 5) is 14.6. The number of hydrogen-bond donors (Lipinski definition) is 1. The smallest absolute Gasteiger partial charge is 0.356 e. The number of benzene rings is 1. The number of hydrogen-bond acceptors (Lipinski definition) is 5. The van der Waals surface area contributed by atoms with Crippen molar-refractivity contribution in [1.29, 1.82) is 0 Å². The molecule has 0 radical (unpaired) electrons. The summed E-state index contributed by atoms with van der Waals surface area (Å²) in [5.41, 5.74) is 1.56. The molecule has 0 aliphatic rings. The number of sulfonamides is 1. The van der Waals surface area contributed by atoms with Crippen LogP contribution in [0.4, 0.5) is 0 Å². The fourth-order valence-corrected chi connectivity index (χ4v) is 4.62. The summed E-state index contributed by atoms with van der Waals surface area (Å²) >= 11 is 4.11. The van der Waals surface area contributed by atoms with Gasteiger partial charge < -0.3 is 5.11 Å². The maximum atomic E-state index is 12.4. The van der Waals surface area contributed by atoms with Crippen LogP contribution in [0.2, 0.25) is 0 Å². The minimum absolute atomic E-state index is 0.138. The summed E-state index contributed by atoms with van der Waals surface area (Å²) in [7, 11) is -2.48. The molecule has 112 valence electrons. The Labute approximate surface area is 134 Å². The van der Waals surface area contributed by atoms with Crippen molar-refractivity contribution in [3.63, 3.8) is 0 Å². The Morgan fingerprint density at radius 2 is 2.19 bits per heavy atom. The van der Waals surface area contributed by atoms with Crippen LogP contribution in [0.1, 0.15) is 16.1 Å². The Balaban J connectivity index is 2.31. The Morgan fingerprint density at radius 3 is 2.81 bits per heavy atom. The molecular weight excluding hydrogens is 380 g/mol. The first-order valence-electron chi connectivity index (χ1n) is 5.70. The number of thiazole rings is 1. The first kappa shape index (κ1) is 16.1. The molecule has 0 aliphatic heterocycles. The zero-order valence-electron chi connectivity index (χ0n) is 10.9. The molecule has 9 heteroatoms. The Kier molecular flexibility index (Phi) is 4.77. The van der Waals surface area contributed by atoms with Crippen molar-refractivity contribution < 1.29 is 18.3 Å². The second-order valence-corrected chi connectivity index (χ2v) is 8.20. The van der Waals surface area contributed by atoms with E-state index in [9.17, 15) is 13.2 Å². The van der Waals surface area contributed by atoms with Crippen molar-refractivity contribution in [2.75, 3.05) is 7.05 Å². The third-order valence-corrected chi connectivity index (χ3v) is 6.32. The van der Waals surface area contributed by atoms with Crippen molar-refractivity contribution in [1.82, 2.24) is 9.29 Å². The fourth-order valence-electron chi connectivity index (χ4n) is 1.68. The first-order chi connectivity index (χ1) is 9.82. The molecule has 0 unspecified atom stereocenters. The topological polar surface area (TPSA) is 87.6 Å². The highest BCUT2D eigenvalue weighted by Gasteiger charge is 2.29. The maximum Gasteiger partial charge on any atom is 0.356 e. The summed E-state index contributed by atoms with van der Waals surface area (Å²) in [5.74, 6) is -1.36. The van der Waals surface area contributed by atoms with E-state index < -0.39 is 21.7 Å². The van der Waals surface area contributed by atoms with Crippen molar-refractivity contribution in [2.45, 2.75) is 10.8 Å². The molecule has 1 heterocycles. The van der Waals surface area contributed by atoms with Crippen LogP contribution in [0.25, 0.3) is 0 Å². The molecule has 2 aromatic rings. The van der Waals surface area contributed by atoms with Crippen molar-refractivity contribution in [3.8, 4) is 0 Å². The van der Waals surface area contributed by atoms with Gasteiger partial charge in [0, 0.05) is 18.1 Å². The SMILES string of the molecule is CN(Cc1cccc(Br)c1)S(=O)(=O)c1scnc1C(=O)O. The van der Waals surface area contributed by atoms with Gasteiger partial charge in [-0.2, -0.15) is 4.31 Å². The number of halogens is 1. The molecule has 1 aromatic carbocycles. The predicted octanol–water partition coefficient (Wildman–Crippen LogP) is 2.42. The van der Waals surface area contributed by atoms with Gasteiger partial charge in [0.2, 0.25) is 0 Å². The van der Waals surface area contributed by atoms with Crippen LogP contribution in [0.15, 0.2) is 38.5 Å². The number of nitrogens with zero attached hydrogens (tertiary/aromatic N) is 2. The highest BCUT2D eigenvalue weighted by atomic mass is 79.9. The monoisotopic (exact) mass is 390 g/mol. The number of aromatic carboxylic acids is 1. The predicted molar refractivity (Wildman–Crippen MR) is 81.9 cm³/mol. The average molecular weight is 391 g/mol. The lowest BCUT2D eigenvalue weighted by Gasteiger charge is -2.16. The van der Waals surface area contributed by atoms with E-state index in [0.29, 0.717) is 0 Å². The van der Waals surface area contributed by atoms with Gasteiger partial charge in [-0.25, -0.2) is 18.2 Å². The lowest BCUT2D eigenvalue weighted by molar-refractivity contribution is 0.0687. The summed E-state index contributed by atoms with van der Waals surface area (Å²) < 4.78 is 26.5. The number of carbonyl (C=O) groups is 1. The fraction of sp³-hybridized carbons (Fsp3) is 0.167. The van der Waals surface area contributed by atoms with Crippen LogP contribution in [-0.2, 0) is 16.6 Å². The standard InChI is InChI=1S/C12H11BrN2O4S2/c1-15(6-8-3-2-4-9(13)5-8)21(18,19)12-10(11(16)17)14-7-20-12/h2-5,7H,6H2,1H3,(H,16,17). The molecule has 0 atom stereocenters. The number of rotatable bonds is 5. The minimum Gasteiger partial charge on any atom is -0.476 e. The highest BCUT2D eigenvalue weighted by Crippen LogP contribution is 2.25. The van der Waals surface area contributed by atoms with Crippen LogP contribution in [0, 0.1) is 0 Å². The maximum absolute atomic E-state index is 12.4. The minimum atomic E-state index is -3.89. The van der Waals surface area contributed by atoms with Gasteiger partial charge in [0.25, 0.3) is 10.0 Å². The average Bonchev–Trinajstić information content (AvgIpc) is 2.88. The van der Waals surface area contributed by atoms with E-state index in [4.69, 9.17) is 5.11 Å². The molecule has 0 aliphatic carbocycles. The van der Waals surface area contributed by atoms with Crippen molar-refractivity contribution in [3.05, 3.63) is 45.5 Å². The third-order valence-electron chi connectivity index (χ3n) is 2.68. The van der Waals surface area contributed by atoms with E-state index in [1.54, 1.807) is 18.2 Å². The Hall–Kier alpha value is -1.29. The lowest BCUT2D eigenvalue weighted by atomic mass is 10.2. The third kappa shape index (κ3) is 3.49. The molecule has 0 amide bonds. The molecule has 0 saturated heterocycles. The zero-order chi connectivity index (χ0) is 15.6. The normalized spacial score (nSPS) is 11.8. The van der Waals surface area contributed by atoms with Gasteiger partial charge in [0.1, 0.15) is 0 Å². The molecule has 0 spiro atoms. The Bertz CT molecular complexity index is 773. The zero-order valence-corrected chi connectivity index (χ0v) is 14.1. The summed E-state index contributed by atoms with van der Waals surface area (Å²) in [6, 6.07) is 7.23. The molecule has 2 rings (SSSR count). The summed E-state index contributed by atoms with van der Waals surface area (Å²) in [6.45, 7) is 0.138. The van der Waals surface area contributed by atoms with Crippen molar-refractivity contribution in [2.24, 2.45) is 0 Å². The second kappa shape index (κ2) is 6.22. The quantitative estimate of drug-likeness (QED) is 0.846. The van der Waals surface area contributed by atoms with E-state index in [1.807, 2.05) is 6.07 Å². The van der Waals surface area contributed by atoms with E-state index in [1.165, 1.54) is 12.6 Å². The van der Waals surface area contributed by atoms with Crippen LogP contribution in [0.5, 0.6) is 0 Å². The first-order valence-corrected chi connectivity index (χ1v) is 8.81. The highest BCUT2D eigenvalue weighted by molar-refractivity contribution is 9.10. The molecule has 1 N–H and O–H groups in total. The molecule has 6 nitrogen and oxygen atoms in total. The molecule has 0 fully saturated rings. The molecular formula is C12H11BrN2O4S2. The molecule has 0 saturated carbocycles. The van der Waals surface area contributed by atoms with Gasteiger partial charge in [0.15, 0.2) is 9.90 Å². The van der Waals surface area contributed by atoms with Gasteiger partial charge in [-0.1, -0.05) is 28.1 Å². The van der Waals surface area contributed by atoms with Crippen molar-refractivity contribution >= 4 is 43.3 Å². The van der Waals surface area contributed by atoms with Gasteiger partial charge >= 0.3 is 5.97 Å². The van der Waals surface area contributed by atoms with Gasteiger partial charge in [-0.15, -0.1) is 11.3 Å². The molecule has 21 heavy (non-hydrogen) atoms. The van der Waals surface area contributed by atoms with E-state index in [0.717, 1.165) is 25.7 Å². The number of aromatic nitrogens is 1. The second-order valence-electron chi connectivity index (χ2n) is 4.18. The van der Waals surface area contributed by atoms with E-state index >= 15 is 0 Å². The van der Waals surface area contributed by atoms with Gasteiger partial charge in [-0.05, 0) is 17.7 Å². The van der Waals surface area contributed by atoms with Crippen LogP contribution in [0.3, 0.4) is 0 Å². The van der Waals surface area contributed by atoms with Gasteiger partial charge in [0.05, 0.1) is 5.51 Å². The van der Waals surface area contributed by atoms with Crippen LogP contribution < -0.4 is 0 Å².